The number of carbonyl (C=O) groups is 1. The molecule has 0 unspecified atom stereocenters. The quantitative estimate of drug-likeness (QED) is 0.767. The minimum absolute atomic E-state index is 0.0769. The van der Waals surface area contributed by atoms with Crippen LogP contribution in [0.2, 0.25) is 5.02 Å². The number of carboxylic acid groups (broad SMARTS) is 1. The smallest absolute Gasteiger partial charge is 0.337 e. The summed E-state index contributed by atoms with van der Waals surface area (Å²) < 4.78 is 0. The van der Waals surface area contributed by atoms with E-state index in [1.54, 1.807) is 0 Å². The molecule has 0 aliphatic carbocycles. The molecule has 2 N–H and O–H groups in total. The average Bonchev–Trinajstić information content (AvgIpc) is 2.25. The number of halogens is 1. The van der Waals surface area contributed by atoms with E-state index in [0.29, 0.717) is 11.7 Å². The lowest BCUT2D eigenvalue weighted by Gasteiger charge is -2.09. The summed E-state index contributed by atoms with van der Waals surface area (Å²) in [6, 6.07) is 1.39. The van der Waals surface area contributed by atoms with Gasteiger partial charge in [-0.2, -0.15) is 0 Å². The molecule has 1 heterocycles. The lowest BCUT2D eigenvalue weighted by atomic mass is 10.1. The van der Waals surface area contributed by atoms with Crippen molar-refractivity contribution in [3.63, 3.8) is 0 Å². The van der Waals surface area contributed by atoms with E-state index in [0.717, 1.165) is 19.4 Å². The summed E-state index contributed by atoms with van der Waals surface area (Å²) in [5.41, 5.74) is 0.0769. The zero-order valence-corrected chi connectivity index (χ0v) is 10.8. The van der Waals surface area contributed by atoms with Gasteiger partial charge in [-0.25, -0.2) is 9.78 Å². The normalized spacial score (nSPS) is 10.6. The zero-order valence-electron chi connectivity index (χ0n) is 10.0. The summed E-state index contributed by atoms with van der Waals surface area (Å²) >= 11 is 5.94. The molecule has 0 radical (unpaired) electrons. The summed E-state index contributed by atoms with van der Waals surface area (Å²) in [4.78, 5) is 14.9. The molecule has 0 aromatic carbocycles. The van der Waals surface area contributed by atoms with Gasteiger partial charge in [0, 0.05) is 12.7 Å². The monoisotopic (exact) mass is 256 g/mol. The summed E-state index contributed by atoms with van der Waals surface area (Å²) in [5, 5.41) is 12.1. The summed E-state index contributed by atoms with van der Waals surface area (Å²) in [6.45, 7) is 5.07. The van der Waals surface area contributed by atoms with Crippen LogP contribution in [0.3, 0.4) is 0 Å². The van der Waals surface area contributed by atoms with Crippen molar-refractivity contribution in [1.29, 1.82) is 0 Å². The van der Waals surface area contributed by atoms with Crippen LogP contribution in [0.1, 0.15) is 37.0 Å². The van der Waals surface area contributed by atoms with Gasteiger partial charge < -0.3 is 10.4 Å². The van der Waals surface area contributed by atoms with E-state index < -0.39 is 5.97 Å². The number of aromatic carboxylic acids is 1. The van der Waals surface area contributed by atoms with Gasteiger partial charge in [-0.1, -0.05) is 25.4 Å². The SMILES string of the molecule is CC(C)CCCNc1nccc(C(=O)O)c1Cl. The van der Waals surface area contributed by atoms with Crippen molar-refractivity contribution in [1.82, 2.24) is 4.98 Å². The first-order valence-electron chi connectivity index (χ1n) is 5.64. The molecule has 0 amide bonds. The Bertz CT molecular complexity index is 394. The van der Waals surface area contributed by atoms with E-state index in [1.807, 2.05) is 0 Å². The van der Waals surface area contributed by atoms with E-state index in [-0.39, 0.29) is 10.6 Å². The summed E-state index contributed by atoms with van der Waals surface area (Å²) in [5.74, 6) is 0.0588. The highest BCUT2D eigenvalue weighted by atomic mass is 35.5. The van der Waals surface area contributed by atoms with Crippen LogP contribution < -0.4 is 5.32 Å². The molecule has 0 aliphatic heterocycles. The van der Waals surface area contributed by atoms with Crippen LogP contribution in [0.5, 0.6) is 0 Å². The second kappa shape index (κ2) is 6.45. The third-order valence-corrected chi connectivity index (χ3v) is 2.75. The van der Waals surface area contributed by atoms with Gasteiger partial charge in [-0.05, 0) is 24.8 Å². The number of pyridine rings is 1. The van der Waals surface area contributed by atoms with Crippen molar-refractivity contribution in [2.45, 2.75) is 26.7 Å². The van der Waals surface area contributed by atoms with Gasteiger partial charge in [0.05, 0.1) is 10.6 Å². The topological polar surface area (TPSA) is 62.2 Å². The molecule has 1 aromatic rings. The Morgan fingerprint density at radius 3 is 2.88 bits per heavy atom. The predicted octanol–water partition coefficient (Wildman–Crippen LogP) is 3.28. The molecule has 4 nitrogen and oxygen atoms in total. The predicted molar refractivity (Wildman–Crippen MR) is 68.8 cm³/mol. The van der Waals surface area contributed by atoms with E-state index in [1.165, 1.54) is 12.3 Å². The lowest BCUT2D eigenvalue weighted by Crippen LogP contribution is -2.07. The molecule has 0 bridgehead atoms. The maximum Gasteiger partial charge on any atom is 0.337 e. The Morgan fingerprint density at radius 1 is 1.59 bits per heavy atom. The molecular weight excluding hydrogens is 240 g/mol. The molecule has 0 saturated carbocycles. The lowest BCUT2D eigenvalue weighted by molar-refractivity contribution is 0.0697. The first kappa shape index (κ1) is 13.8. The standard InChI is InChI=1S/C12H17ClN2O2/c1-8(2)4-3-6-14-11-10(13)9(12(16)17)5-7-15-11/h5,7-8H,3-4,6H2,1-2H3,(H,14,15)(H,16,17). The van der Waals surface area contributed by atoms with Gasteiger partial charge in [0.1, 0.15) is 5.82 Å². The van der Waals surface area contributed by atoms with Crippen LogP contribution in [0.4, 0.5) is 5.82 Å². The van der Waals surface area contributed by atoms with E-state index in [2.05, 4.69) is 24.1 Å². The fraction of sp³-hybridized carbons (Fsp3) is 0.500. The van der Waals surface area contributed by atoms with Gasteiger partial charge in [0.25, 0.3) is 0 Å². The third kappa shape index (κ3) is 4.23. The minimum atomic E-state index is -1.04. The zero-order chi connectivity index (χ0) is 12.8. The van der Waals surface area contributed by atoms with Gasteiger partial charge in [-0.15, -0.1) is 0 Å². The molecule has 0 saturated heterocycles. The maximum atomic E-state index is 10.9. The van der Waals surface area contributed by atoms with Gasteiger partial charge in [-0.3, -0.25) is 0 Å². The molecule has 0 fully saturated rings. The van der Waals surface area contributed by atoms with Crippen LogP contribution in [0.15, 0.2) is 12.3 Å². The molecular formula is C12H17ClN2O2. The number of hydrogen-bond acceptors (Lipinski definition) is 3. The second-order valence-corrected chi connectivity index (χ2v) is 4.67. The Labute approximate surface area is 106 Å². The van der Waals surface area contributed by atoms with Crippen molar-refractivity contribution in [2.24, 2.45) is 5.92 Å². The average molecular weight is 257 g/mol. The number of carboxylic acids is 1. The summed E-state index contributed by atoms with van der Waals surface area (Å²) in [6.07, 6.45) is 3.57. The highest BCUT2D eigenvalue weighted by Crippen LogP contribution is 2.23. The number of nitrogens with one attached hydrogen (secondary N) is 1. The van der Waals surface area contributed by atoms with Gasteiger partial charge in [0.2, 0.25) is 0 Å². The van der Waals surface area contributed by atoms with Crippen molar-refractivity contribution in [3.8, 4) is 0 Å². The molecule has 17 heavy (non-hydrogen) atoms. The fourth-order valence-electron chi connectivity index (χ4n) is 1.45. The van der Waals surface area contributed by atoms with Crippen molar-refractivity contribution in [3.05, 3.63) is 22.8 Å². The number of nitrogens with zero attached hydrogens (tertiary/aromatic N) is 1. The summed E-state index contributed by atoms with van der Waals surface area (Å²) in [7, 11) is 0. The minimum Gasteiger partial charge on any atom is -0.478 e. The molecule has 5 heteroatoms. The van der Waals surface area contributed by atoms with Crippen LogP contribution >= 0.6 is 11.6 Å². The van der Waals surface area contributed by atoms with Crippen molar-refractivity contribution >= 4 is 23.4 Å². The first-order valence-corrected chi connectivity index (χ1v) is 6.01. The first-order chi connectivity index (χ1) is 8.02. The van der Waals surface area contributed by atoms with E-state index in [4.69, 9.17) is 16.7 Å². The van der Waals surface area contributed by atoms with Crippen LogP contribution in [0, 0.1) is 5.92 Å². The molecule has 94 valence electrons. The van der Waals surface area contributed by atoms with Crippen molar-refractivity contribution < 1.29 is 9.90 Å². The maximum absolute atomic E-state index is 10.9. The Kier molecular flexibility index (Phi) is 5.22. The highest BCUT2D eigenvalue weighted by molar-refractivity contribution is 6.35. The number of anilines is 1. The molecule has 0 atom stereocenters. The van der Waals surface area contributed by atoms with E-state index in [9.17, 15) is 4.79 Å². The van der Waals surface area contributed by atoms with Crippen LogP contribution in [0.25, 0.3) is 0 Å². The largest absolute Gasteiger partial charge is 0.478 e. The van der Waals surface area contributed by atoms with Crippen LogP contribution in [-0.2, 0) is 0 Å². The third-order valence-electron chi connectivity index (χ3n) is 2.37. The second-order valence-electron chi connectivity index (χ2n) is 4.29. The highest BCUT2D eigenvalue weighted by Gasteiger charge is 2.12. The molecule has 0 spiro atoms. The number of rotatable bonds is 6. The Hall–Kier alpha value is -1.29. The molecule has 1 aromatic heterocycles. The Balaban J connectivity index is 2.59. The number of hydrogen-bond donors (Lipinski definition) is 2. The van der Waals surface area contributed by atoms with Crippen LogP contribution in [-0.4, -0.2) is 22.6 Å². The number of aromatic nitrogens is 1. The van der Waals surface area contributed by atoms with Crippen molar-refractivity contribution in [2.75, 3.05) is 11.9 Å². The van der Waals surface area contributed by atoms with Gasteiger partial charge >= 0.3 is 5.97 Å². The fourth-order valence-corrected chi connectivity index (χ4v) is 1.71. The van der Waals surface area contributed by atoms with Gasteiger partial charge in [0.15, 0.2) is 0 Å². The van der Waals surface area contributed by atoms with E-state index >= 15 is 0 Å². The molecule has 0 aliphatic rings. The molecule has 1 rings (SSSR count). The Morgan fingerprint density at radius 2 is 2.29 bits per heavy atom.